The molecule has 0 bridgehead atoms. The summed E-state index contributed by atoms with van der Waals surface area (Å²) in [5.41, 5.74) is 2.47. The van der Waals surface area contributed by atoms with E-state index in [9.17, 15) is 0 Å². The first-order chi connectivity index (χ1) is 9.66. The predicted molar refractivity (Wildman–Crippen MR) is 81.9 cm³/mol. The monoisotopic (exact) mass is 279 g/mol. The molecule has 4 heteroatoms. The molecule has 1 N–H and O–H groups in total. The Morgan fingerprint density at radius 1 is 1.45 bits per heavy atom. The van der Waals surface area contributed by atoms with Gasteiger partial charge in [0.2, 0.25) is 0 Å². The first-order valence-corrected chi connectivity index (χ1v) is 7.98. The van der Waals surface area contributed by atoms with Gasteiger partial charge in [-0.25, -0.2) is 0 Å². The van der Waals surface area contributed by atoms with E-state index < -0.39 is 0 Å². The molecule has 0 aliphatic heterocycles. The molecule has 1 atom stereocenters. The molecular weight excluding hydrogens is 250 g/mol. The minimum absolute atomic E-state index is 0.519. The van der Waals surface area contributed by atoms with Crippen LogP contribution in [-0.2, 0) is 17.7 Å². The Kier molecular flexibility index (Phi) is 5.61. The van der Waals surface area contributed by atoms with Crippen molar-refractivity contribution in [2.45, 2.75) is 65.1 Å². The molecule has 1 aliphatic rings. The van der Waals surface area contributed by atoms with Gasteiger partial charge in [0.15, 0.2) is 0 Å². The van der Waals surface area contributed by atoms with E-state index in [4.69, 9.17) is 4.74 Å². The Balaban J connectivity index is 1.83. The van der Waals surface area contributed by atoms with Crippen molar-refractivity contribution in [2.24, 2.45) is 5.92 Å². The molecule has 0 aromatic carbocycles. The third-order valence-corrected chi connectivity index (χ3v) is 4.36. The molecule has 2 rings (SSSR count). The van der Waals surface area contributed by atoms with E-state index in [1.807, 2.05) is 0 Å². The van der Waals surface area contributed by atoms with Crippen molar-refractivity contribution >= 4 is 0 Å². The largest absolute Gasteiger partial charge is 0.378 e. The Labute approximate surface area is 122 Å². The standard InChI is InChI=1S/C16H29N3O/c1-5-19-15(7-12(3)18-19)11-14(17-4)8-13-9-16(10-13)20-6-2/h7,13-14,16-17H,5-6,8-11H2,1-4H3. The van der Waals surface area contributed by atoms with Crippen molar-refractivity contribution in [1.82, 2.24) is 15.1 Å². The van der Waals surface area contributed by atoms with Gasteiger partial charge in [-0.1, -0.05) is 0 Å². The molecule has 1 unspecified atom stereocenters. The summed E-state index contributed by atoms with van der Waals surface area (Å²) in [6, 6.07) is 2.77. The van der Waals surface area contributed by atoms with Crippen LogP contribution < -0.4 is 5.32 Å². The van der Waals surface area contributed by atoms with Crippen LogP contribution in [0.4, 0.5) is 0 Å². The predicted octanol–water partition coefficient (Wildman–Crippen LogP) is 2.55. The van der Waals surface area contributed by atoms with Gasteiger partial charge >= 0.3 is 0 Å². The van der Waals surface area contributed by atoms with Gasteiger partial charge in [-0.2, -0.15) is 5.10 Å². The highest BCUT2D eigenvalue weighted by atomic mass is 16.5. The van der Waals surface area contributed by atoms with Crippen LogP contribution in [0.3, 0.4) is 0 Å². The second kappa shape index (κ2) is 7.23. The summed E-state index contributed by atoms with van der Waals surface area (Å²) in [5, 5.41) is 8.01. The maximum atomic E-state index is 5.65. The zero-order valence-corrected chi connectivity index (χ0v) is 13.4. The van der Waals surface area contributed by atoms with E-state index in [-0.39, 0.29) is 0 Å². The zero-order chi connectivity index (χ0) is 14.5. The minimum Gasteiger partial charge on any atom is -0.378 e. The molecule has 1 fully saturated rings. The normalized spacial score (nSPS) is 23.6. The van der Waals surface area contributed by atoms with E-state index in [0.717, 1.165) is 31.2 Å². The van der Waals surface area contributed by atoms with Gasteiger partial charge in [-0.15, -0.1) is 0 Å². The summed E-state index contributed by atoms with van der Waals surface area (Å²) in [7, 11) is 2.07. The quantitative estimate of drug-likeness (QED) is 0.795. The summed E-state index contributed by atoms with van der Waals surface area (Å²) in [6.07, 6.45) is 5.30. The first kappa shape index (κ1) is 15.5. The van der Waals surface area contributed by atoms with Crippen LogP contribution in [0, 0.1) is 12.8 Å². The zero-order valence-electron chi connectivity index (χ0n) is 13.4. The maximum Gasteiger partial charge on any atom is 0.0596 e. The second-order valence-corrected chi connectivity index (χ2v) is 5.93. The maximum absolute atomic E-state index is 5.65. The molecular formula is C16H29N3O. The number of hydrogen-bond donors (Lipinski definition) is 1. The molecule has 1 saturated carbocycles. The van der Waals surface area contributed by atoms with E-state index >= 15 is 0 Å². The van der Waals surface area contributed by atoms with Crippen molar-refractivity contribution in [3.63, 3.8) is 0 Å². The summed E-state index contributed by atoms with van der Waals surface area (Å²) < 4.78 is 7.78. The summed E-state index contributed by atoms with van der Waals surface area (Å²) in [4.78, 5) is 0. The Bertz CT molecular complexity index is 410. The molecule has 0 radical (unpaired) electrons. The molecule has 0 saturated heterocycles. The van der Waals surface area contributed by atoms with E-state index in [1.165, 1.54) is 25.0 Å². The van der Waals surface area contributed by atoms with Crippen molar-refractivity contribution in [3.05, 3.63) is 17.5 Å². The highest BCUT2D eigenvalue weighted by Gasteiger charge is 2.31. The summed E-state index contributed by atoms with van der Waals surface area (Å²) in [6.45, 7) is 8.11. The SMILES string of the molecule is CCOC1CC(CC(Cc2cc(C)nn2CC)NC)C1. The number of likely N-dealkylation sites (N-methyl/N-ethyl adjacent to an activating group) is 1. The van der Waals surface area contributed by atoms with Crippen LogP contribution in [0.15, 0.2) is 6.07 Å². The third kappa shape index (κ3) is 3.83. The highest BCUT2D eigenvalue weighted by molar-refractivity contribution is 5.10. The van der Waals surface area contributed by atoms with Gasteiger partial charge in [0, 0.05) is 31.3 Å². The first-order valence-electron chi connectivity index (χ1n) is 7.98. The van der Waals surface area contributed by atoms with Crippen molar-refractivity contribution in [2.75, 3.05) is 13.7 Å². The minimum atomic E-state index is 0.519. The van der Waals surface area contributed by atoms with Crippen LogP contribution in [0.5, 0.6) is 0 Å². The van der Waals surface area contributed by atoms with Gasteiger partial charge in [0.25, 0.3) is 0 Å². The van der Waals surface area contributed by atoms with E-state index in [2.05, 4.69) is 49.0 Å². The Morgan fingerprint density at radius 3 is 2.80 bits per heavy atom. The fourth-order valence-corrected chi connectivity index (χ4v) is 3.23. The molecule has 20 heavy (non-hydrogen) atoms. The lowest BCUT2D eigenvalue weighted by Gasteiger charge is -2.37. The molecule has 4 nitrogen and oxygen atoms in total. The van der Waals surface area contributed by atoms with Crippen LogP contribution in [-0.4, -0.2) is 35.6 Å². The van der Waals surface area contributed by atoms with Gasteiger partial charge in [-0.05, 0) is 59.1 Å². The van der Waals surface area contributed by atoms with Crippen LogP contribution >= 0.6 is 0 Å². The fourth-order valence-electron chi connectivity index (χ4n) is 3.23. The molecule has 1 aromatic rings. The molecule has 0 amide bonds. The number of nitrogens with one attached hydrogen (secondary N) is 1. The lowest BCUT2D eigenvalue weighted by atomic mass is 9.77. The Hall–Kier alpha value is -0.870. The number of aryl methyl sites for hydroxylation is 2. The number of rotatable bonds is 8. The average Bonchev–Trinajstić information content (AvgIpc) is 2.75. The number of nitrogens with zero attached hydrogens (tertiary/aromatic N) is 2. The highest BCUT2D eigenvalue weighted by Crippen LogP contribution is 2.34. The molecule has 1 aromatic heterocycles. The number of ether oxygens (including phenoxy) is 1. The number of aromatic nitrogens is 2. The van der Waals surface area contributed by atoms with E-state index in [1.54, 1.807) is 0 Å². The molecule has 114 valence electrons. The lowest BCUT2D eigenvalue weighted by Crippen LogP contribution is -2.38. The van der Waals surface area contributed by atoms with Crippen molar-refractivity contribution < 1.29 is 4.74 Å². The molecule has 1 heterocycles. The second-order valence-electron chi connectivity index (χ2n) is 5.93. The van der Waals surface area contributed by atoms with Crippen LogP contribution in [0.25, 0.3) is 0 Å². The molecule has 1 aliphatic carbocycles. The third-order valence-electron chi connectivity index (χ3n) is 4.36. The fraction of sp³-hybridized carbons (Fsp3) is 0.812. The van der Waals surface area contributed by atoms with Gasteiger partial charge in [0.1, 0.15) is 0 Å². The smallest absolute Gasteiger partial charge is 0.0596 e. The van der Waals surface area contributed by atoms with Crippen LogP contribution in [0.2, 0.25) is 0 Å². The lowest BCUT2D eigenvalue weighted by molar-refractivity contribution is -0.0288. The topological polar surface area (TPSA) is 39.1 Å². The molecule has 0 spiro atoms. The number of hydrogen-bond acceptors (Lipinski definition) is 3. The van der Waals surface area contributed by atoms with Gasteiger partial charge in [-0.3, -0.25) is 4.68 Å². The van der Waals surface area contributed by atoms with E-state index in [0.29, 0.717) is 12.1 Å². The van der Waals surface area contributed by atoms with Crippen molar-refractivity contribution in [1.29, 1.82) is 0 Å². The average molecular weight is 279 g/mol. The van der Waals surface area contributed by atoms with Gasteiger partial charge in [0.05, 0.1) is 11.8 Å². The van der Waals surface area contributed by atoms with Crippen LogP contribution in [0.1, 0.15) is 44.5 Å². The Morgan fingerprint density at radius 2 is 2.20 bits per heavy atom. The van der Waals surface area contributed by atoms with Gasteiger partial charge < -0.3 is 10.1 Å². The summed E-state index contributed by atoms with van der Waals surface area (Å²) in [5.74, 6) is 0.822. The van der Waals surface area contributed by atoms with Crippen molar-refractivity contribution in [3.8, 4) is 0 Å². The summed E-state index contributed by atoms with van der Waals surface area (Å²) >= 11 is 0.